The van der Waals surface area contributed by atoms with Crippen LogP contribution in [0.15, 0.2) is 201 Å². The summed E-state index contributed by atoms with van der Waals surface area (Å²) in [7, 11) is -2.23. The molecule has 9 nitrogen and oxygen atoms in total. The molecule has 0 N–H and O–H groups in total. The second kappa shape index (κ2) is 21.6. The molecule has 0 unspecified atom stereocenters. The van der Waals surface area contributed by atoms with Crippen LogP contribution in [-0.4, -0.2) is 13.9 Å². The van der Waals surface area contributed by atoms with Crippen molar-refractivity contribution >= 4 is 7.32 Å². The second-order valence-electron chi connectivity index (χ2n) is 12.2. The van der Waals surface area contributed by atoms with Crippen LogP contribution < -0.4 is 29.2 Å². The van der Waals surface area contributed by atoms with Crippen molar-refractivity contribution in [2.75, 3.05) is 6.61 Å². The molecule has 0 bridgehead atoms. The Bertz CT molecular complexity index is 2040. The van der Waals surface area contributed by atoms with Gasteiger partial charge in [0.2, 0.25) is 36.3 Å². The molecule has 56 heavy (non-hydrogen) atoms. The van der Waals surface area contributed by atoms with Crippen LogP contribution in [0.2, 0.25) is 0 Å². The molecular formula is C46H39BN4O5. The molecule has 0 radical (unpaired) electrons. The number of aromatic nitrogens is 2. The molecule has 0 atom stereocenters. The molecule has 0 fully saturated rings. The number of rotatable bonds is 12. The van der Waals surface area contributed by atoms with Crippen molar-refractivity contribution in [2.45, 2.75) is 18.3 Å². The van der Waals surface area contributed by atoms with Crippen molar-refractivity contribution in [1.29, 1.82) is 10.5 Å². The summed E-state index contributed by atoms with van der Waals surface area (Å²) in [5.74, 6) is 1.40. The molecule has 0 aliphatic heterocycles. The monoisotopic (exact) mass is 738 g/mol. The van der Waals surface area contributed by atoms with Crippen LogP contribution in [0.1, 0.15) is 40.7 Å². The zero-order valence-electron chi connectivity index (χ0n) is 30.6. The minimum atomic E-state index is -2.23. The van der Waals surface area contributed by atoms with Gasteiger partial charge in [0.25, 0.3) is 0 Å². The van der Waals surface area contributed by atoms with Gasteiger partial charge in [-0.2, -0.15) is 10.5 Å². The van der Waals surface area contributed by atoms with Gasteiger partial charge in [-0.15, -0.1) is 0 Å². The van der Waals surface area contributed by atoms with Crippen molar-refractivity contribution in [2.24, 2.45) is 0 Å². The topological polar surface area (TPSA) is 129 Å². The van der Waals surface area contributed by atoms with Crippen LogP contribution in [0.5, 0.6) is 11.5 Å². The third kappa shape index (κ3) is 12.0. The van der Waals surface area contributed by atoms with Crippen LogP contribution in [0.3, 0.4) is 0 Å². The average Bonchev–Trinajstić information content (AvgIpc) is 3.26. The summed E-state index contributed by atoms with van der Waals surface area (Å²) in [6, 6.07) is 60.4. The lowest BCUT2D eigenvalue weighted by Crippen LogP contribution is -2.48. The van der Waals surface area contributed by atoms with Crippen LogP contribution in [0.4, 0.5) is 0 Å². The predicted molar refractivity (Wildman–Crippen MR) is 208 cm³/mol. The molecular weight excluding hydrogens is 699 g/mol. The fourth-order valence-electron chi connectivity index (χ4n) is 5.93. The van der Waals surface area contributed by atoms with E-state index in [0.29, 0.717) is 29.0 Å². The third-order valence-corrected chi connectivity index (χ3v) is 8.51. The van der Waals surface area contributed by atoms with Gasteiger partial charge in [-0.1, -0.05) is 103 Å². The third-order valence-electron chi connectivity index (χ3n) is 8.51. The molecule has 2 aromatic heterocycles. The first-order valence-corrected chi connectivity index (χ1v) is 17.9. The van der Waals surface area contributed by atoms with Gasteiger partial charge >= 0.3 is 0 Å². The van der Waals surface area contributed by atoms with Crippen molar-refractivity contribution in [3.63, 3.8) is 0 Å². The number of hydrogen-bond donors (Lipinski definition) is 0. The second-order valence-corrected chi connectivity index (χ2v) is 12.2. The summed E-state index contributed by atoms with van der Waals surface area (Å²) in [6.07, 6.45) is 8.56. The summed E-state index contributed by atoms with van der Waals surface area (Å²) < 4.78 is 7.93. The quantitative estimate of drug-likeness (QED) is 0.0661. The summed E-state index contributed by atoms with van der Waals surface area (Å²) >= 11 is 0. The molecule has 0 amide bonds. The molecule has 0 spiro atoms. The van der Waals surface area contributed by atoms with Gasteiger partial charge in [0, 0.05) is 45.7 Å². The van der Waals surface area contributed by atoms with E-state index in [2.05, 4.69) is 48.5 Å². The lowest BCUT2D eigenvalue weighted by atomic mass is 9.67. The lowest BCUT2D eigenvalue weighted by molar-refractivity contribution is -0.875. The van der Waals surface area contributed by atoms with E-state index in [9.17, 15) is 10.0 Å². The molecule has 0 saturated carbocycles. The maximum absolute atomic E-state index is 10.7. The number of nitriles is 2. The molecule has 0 aliphatic carbocycles. The highest BCUT2D eigenvalue weighted by Gasteiger charge is 2.35. The minimum Gasteiger partial charge on any atom is -0.871 e. The highest BCUT2D eigenvalue weighted by atomic mass is 16.7. The molecule has 10 heteroatoms. The summed E-state index contributed by atoms with van der Waals surface area (Å²) in [4.78, 5) is 11.0. The molecule has 7 aromatic rings. The maximum atomic E-state index is 10.7. The van der Waals surface area contributed by atoms with Gasteiger partial charge in [0.15, 0.2) is 0 Å². The van der Waals surface area contributed by atoms with E-state index in [-0.39, 0.29) is 12.0 Å². The Morgan fingerprint density at radius 1 is 0.482 bits per heavy atom. The van der Waals surface area contributed by atoms with E-state index in [1.54, 1.807) is 82.8 Å². The first-order chi connectivity index (χ1) is 27.5. The maximum Gasteiger partial charge on any atom is 0.223 e. The van der Waals surface area contributed by atoms with E-state index in [1.165, 1.54) is 16.7 Å². The van der Waals surface area contributed by atoms with Crippen LogP contribution >= 0.6 is 0 Å². The SMILES string of the molecule is N#Cc1ccc(O[n+]2ccccc2)cc1.N#Cc1ccc(O[n+]2ccccc2)cc1.[O-]B([O-])OCCCC(c1ccccc1)(c1ccccc1)c1ccccc1. The van der Waals surface area contributed by atoms with Gasteiger partial charge in [0.1, 0.15) is 0 Å². The normalized spacial score (nSPS) is 10.2. The van der Waals surface area contributed by atoms with Gasteiger partial charge in [-0.25, -0.2) is 9.68 Å². The number of benzene rings is 5. The fraction of sp³-hybridized carbons (Fsp3) is 0.0870. The minimum absolute atomic E-state index is 0.159. The summed E-state index contributed by atoms with van der Waals surface area (Å²) in [5.41, 5.74) is 4.42. The molecule has 2 heterocycles. The highest BCUT2D eigenvalue weighted by molar-refractivity contribution is 6.28. The van der Waals surface area contributed by atoms with Gasteiger partial charge < -0.3 is 14.7 Å². The van der Waals surface area contributed by atoms with Gasteiger partial charge in [0.05, 0.1) is 30.6 Å². The van der Waals surface area contributed by atoms with E-state index in [0.717, 1.165) is 6.42 Å². The summed E-state index contributed by atoms with van der Waals surface area (Å²) in [5, 5.41) is 38.6. The number of hydrogen-bond acceptors (Lipinski definition) is 7. The Morgan fingerprint density at radius 2 is 0.821 bits per heavy atom. The van der Waals surface area contributed by atoms with E-state index in [4.69, 9.17) is 24.9 Å². The van der Waals surface area contributed by atoms with Crippen molar-refractivity contribution in [3.8, 4) is 23.6 Å². The highest BCUT2D eigenvalue weighted by Crippen LogP contribution is 2.43. The van der Waals surface area contributed by atoms with Gasteiger partial charge in [-0.05, 0) is 78.1 Å². The zero-order valence-corrected chi connectivity index (χ0v) is 30.6. The van der Waals surface area contributed by atoms with Crippen molar-refractivity contribution in [3.05, 3.63) is 229 Å². The fourth-order valence-corrected chi connectivity index (χ4v) is 5.93. The smallest absolute Gasteiger partial charge is 0.223 e. The Hall–Kier alpha value is -7.08. The largest absolute Gasteiger partial charge is 0.871 e. The predicted octanol–water partition coefficient (Wildman–Crippen LogP) is 5.90. The average molecular weight is 739 g/mol. The van der Waals surface area contributed by atoms with Crippen LogP contribution in [0, 0.1) is 22.7 Å². The number of pyridine rings is 2. The zero-order chi connectivity index (χ0) is 39.3. The van der Waals surface area contributed by atoms with Crippen LogP contribution in [0.25, 0.3) is 0 Å². The molecule has 0 saturated heterocycles. The molecule has 276 valence electrons. The Labute approximate surface area is 327 Å². The van der Waals surface area contributed by atoms with E-state index >= 15 is 0 Å². The van der Waals surface area contributed by atoms with Crippen molar-refractivity contribution < 1.29 is 33.8 Å². The molecule has 5 aromatic carbocycles. The van der Waals surface area contributed by atoms with E-state index < -0.39 is 7.32 Å². The van der Waals surface area contributed by atoms with Gasteiger partial charge in [-0.3, -0.25) is 0 Å². The summed E-state index contributed by atoms with van der Waals surface area (Å²) in [6.45, 7) is 0.159. The van der Waals surface area contributed by atoms with E-state index in [1.807, 2.05) is 91.0 Å². The van der Waals surface area contributed by atoms with Crippen LogP contribution in [-0.2, 0) is 10.1 Å². The Kier molecular flexibility index (Phi) is 15.5. The first-order valence-electron chi connectivity index (χ1n) is 17.9. The Morgan fingerprint density at radius 3 is 1.14 bits per heavy atom. The number of nitrogens with zero attached hydrogens (tertiary/aromatic N) is 4. The lowest BCUT2D eigenvalue weighted by Gasteiger charge is -2.37. The Balaban J connectivity index is 0.000000171. The standard InChI is InChI=1S/C22H21BO3.2C12H9N2O/c24-23(25)26-18-10-17-22(19-11-4-1-5-12-19,20-13-6-2-7-14-20)21-15-8-3-9-16-21;2*13-10-11-4-6-12(7-5-11)15-14-8-2-1-3-9-14/h1-9,11-16H,10,17-18H2;2*1-9H/q-2;2*+1. The van der Waals surface area contributed by atoms with Crippen molar-refractivity contribution in [1.82, 2.24) is 0 Å². The first kappa shape index (κ1) is 40.1. The molecule has 7 rings (SSSR count). The molecule has 0 aliphatic rings.